The molecule has 3 fully saturated rings. The highest BCUT2D eigenvalue weighted by Crippen LogP contribution is 2.46. The van der Waals surface area contributed by atoms with Crippen molar-refractivity contribution in [1.29, 1.82) is 0 Å². The fourth-order valence-electron chi connectivity index (χ4n) is 6.02. The van der Waals surface area contributed by atoms with Crippen molar-refractivity contribution in [2.75, 3.05) is 6.54 Å². The van der Waals surface area contributed by atoms with E-state index in [0.29, 0.717) is 10.8 Å². The van der Waals surface area contributed by atoms with Gasteiger partial charge in [-0.25, -0.2) is 0 Å². The second-order valence-electron chi connectivity index (χ2n) is 9.68. The summed E-state index contributed by atoms with van der Waals surface area (Å²) in [7, 11) is 0. The average molecular weight is 293 g/mol. The molecule has 3 unspecified atom stereocenters. The van der Waals surface area contributed by atoms with Gasteiger partial charge in [-0.3, -0.25) is 0 Å². The summed E-state index contributed by atoms with van der Waals surface area (Å²) in [5, 5.41) is 7.87. The second kappa shape index (κ2) is 5.85. The lowest BCUT2D eigenvalue weighted by Crippen LogP contribution is -2.50. The molecule has 0 amide bonds. The third kappa shape index (κ3) is 3.82. The van der Waals surface area contributed by atoms with Crippen LogP contribution >= 0.6 is 0 Å². The van der Waals surface area contributed by atoms with Crippen LogP contribution in [-0.4, -0.2) is 24.7 Å². The molecule has 2 heteroatoms. The maximum atomic E-state index is 4.12. The van der Waals surface area contributed by atoms with E-state index in [4.69, 9.17) is 0 Å². The zero-order valence-electron chi connectivity index (χ0n) is 14.7. The van der Waals surface area contributed by atoms with E-state index in [-0.39, 0.29) is 0 Å². The van der Waals surface area contributed by atoms with E-state index < -0.39 is 0 Å². The normalized spacial score (nSPS) is 39.7. The smallest absolute Gasteiger partial charge is 0.0113 e. The lowest BCUT2D eigenvalue weighted by molar-refractivity contribution is 0.0764. The minimum absolute atomic E-state index is 0.499. The van der Waals surface area contributed by atoms with Crippen LogP contribution in [0.3, 0.4) is 0 Å². The highest BCUT2D eigenvalue weighted by molar-refractivity contribution is 4.98. The summed E-state index contributed by atoms with van der Waals surface area (Å²) in [5.41, 5.74) is 0.998. The third-order valence-electron chi connectivity index (χ3n) is 6.19. The molecular weight excluding hydrogens is 256 g/mol. The Morgan fingerprint density at radius 2 is 1.62 bits per heavy atom. The van der Waals surface area contributed by atoms with Crippen LogP contribution in [-0.2, 0) is 0 Å². The van der Waals surface area contributed by atoms with Gasteiger partial charge in [-0.2, -0.15) is 0 Å². The first-order valence-corrected chi connectivity index (χ1v) is 9.34. The Labute approximate surface area is 131 Å². The van der Waals surface area contributed by atoms with Crippen LogP contribution in [0.15, 0.2) is 0 Å². The first-order valence-electron chi connectivity index (χ1n) is 9.34. The predicted octanol–water partition coefficient (Wildman–Crippen LogP) is 4.10. The van der Waals surface area contributed by atoms with Gasteiger partial charge >= 0.3 is 0 Å². The van der Waals surface area contributed by atoms with Crippen LogP contribution in [0, 0.1) is 16.7 Å². The predicted molar refractivity (Wildman–Crippen MR) is 90.5 cm³/mol. The van der Waals surface area contributed by atoms with Crippen molar-refractivity contribution >= 4 is 0 Å². The summed E-state index contributed by atoms with van der Waals surface area (Å²) >= 11 is 0. The Bertz CT molecular complexity index is 339. The summed E-state index contributed by atoms with van der Waals surface area (Å²) in [6.07, 6.45) is 11.2. The molecule has 0 bridgehead atoms. The summed E-state index contributed by atoms with van der Waals surface area (Å²) in [6, 6.07) is 2.31. The number of hydrogen-bond acceptors (Lipinski definition) is 2. The van der Waals surface area contributed by atoms with Gasteiger partial charge in [0, 0.05) is 18.1 Å². The maximum Gasteiger partial charge on any atom is 0.0113 e. The fourth-order valence-corrected chi connectivity index (χ4v) is 6.02. The maximum absolute atomic E-state index is 4.12. The van der Waals surface area contributed by atoms with Crippen LogP contribution in [0.1, 0.15) is 79.1 Å². The number of rotatable bonds is 3. The topological polar surface area (TPSA) is 24.1 Å². The van der Waals surface area contributed by atoms with Crippen molar-refractivity contribution < 1.29 is 0 Å². The molecule has 0 spiro atoms. The molecule has 2 saturated carbocycles. The Hall–Kier alpha value is -0.0800. The molecule has 3 aliphatic rings. The van der Waals surface area contributed by atoms with Crippen molar-refractivity contribution in [2.24, 2.45) is 16.7 Å². The monoisotopic (exact) mass is 292 g/mol. The molecule has 0 aromatic rings. The summed E-state index contributed by atoms with van der Waals surface area (Å²) < 4.78 is 0. The van der Waals surface area contributed by atoms with Gasteiger partial charge in [-0.05, 0) is 68.2 Å². The van der Waals surface area contributed by atoms with E-state index >= 15 is 0 Å². The van der Waals surface area contributed by atoms with E-state index in [1.807, 2.05) is 0 Å². The zero-order chi connectivity index (χ0) is 15.1. The SMILES string of the molecule is CC1(C)CC(NC2CCCC2C2CCCN2)CC(C)(C)C1. The molecule has 2 nitrogen and oxygen atoms in total. The lowest BCUT2D eigenvalue weighted by atomic mass is 9.63. The summed E-state index contributed by atoms with van der Waals surface area (Å²) in [4.78, 5) is 0. The van der Waals surface area contributed by atoms with Gasteiger partial charge in [-0.15, -0.1) is 0 Å². The van der Waals surface area contributed by atoms with E-state index in [2.05, 4.69) is 38.3 Å². The van der Waals surface area contributed by atoms with Gasteiger partial charge in [0.25, 0.3) is 0 Å². The number of nitrogens with one attached hydrogen (secondary N) is 2. The molecule has 122 valence electrons. The Morgan fingerprint density at radius 3 is 2.24 bits per heavy atom. The molecule has 0 aromatic carbocycles. The van der Waals surface area contributed by atoms with Crippen LogP contribution in [0.25, 0.3) is 0 Å². The van der Waals surface area contributed by atoms with Crippen LogP contribution in [0.4, 0.5) is 0 Å². The third-order valence-corrected chi connectivity index (χ3v) is 6.19. The van der Waals surface area contributed by atoms with E-state index in [9.17, 15) is 0 Å². The quantitative estimate of drug-likeness (QED) is 0.818. The molecule has 1 aliphatic heterocycles. The standard InChI is InChI=1S/C19H36N2/c1-18(2)11-14(12-19(3,4)13-18)21-17-8-5-7-15(17)16-9-6-10-20-16/h14-17,20-21H,5-13H2,1-4H3. The number of hydrogen-bond donors (Lipinski definition) is 2. The summed E-state index contributed by atoms with van der Waals surface area (Å²) in [6.45, 7) is 11.1. The van der Waals surface area contributed by atoms with Gasteiger partial charge < -0.3 is 10.6 Å². The Kier molecular flexibility index (Phi) is 4.40. The molecule has 3 rings (SSSR count). The van der Waals surface area contributed by atoms with Crippen molar-refractivity contribution in [3.05, 3.63) is 0 Å². The molecule has 0 radical (unpaired) electrons. The zero-order valence-corrected chi connectivity index (χ0v) is 14.7. The lowest BCUT2D eigenvalue weighted by Gasteiger charge is -2.46. The Balaban J connectivity index is 1.62. The molecular formula is C19H36N2. The van der Waals surface area contributed by atoms with Crippen molar-refractivity contribution in [2.45, 2.75) is 97.2 Å². The molecule has 2 aliphatic carbocycles. The highest BCUT2D eigenvalue weighted by Gasteiger charge is 2.41. The minimum Gasteiger partial charge on any atom is -0.314 e. The molecule has 0 aromatic heterocycles. The first kappa shape index (κ1) is 15.8. The van der Waals surface area contributed by atoms with Crippen LogP contribution in [0.2, 0.25) is 0 Å². The largest absolute Gasteiger partial charge is 0.314 e. The van der Waals surface area contributed by atoms with Gasteiger partial charge in [-0.1, -0.05) is 34.1 Å². The van der Waals surface area contributed by atoms with Gasteiger partial charge in [0.1, 0.15) is 0 Å². The highest BCUT2D eigenvalue weighted by atomic mass is 15.0. The molecule has 3 atom stereocenters. The molecule has 2 N–H and O–H groups in total. The van der Waals surface area contributed by atoms with Crippen LogP contribution in [0.5, 0.6) is 0 Å². The van der Waals surface area contributed by atoms with Crippen molar-refractivity contribution in [3.63, 3.8) is 0 Å². The van der Waals surface area contributed by atoms with Crippen molar-refractivity contribution in [3.8, 4) is 0 Å². The average Bonchev–Trinajstić information content (AvgIpc) is 2.93. The first-order chi connectivity index (χ1) is 9.85. The van der Waals surface area contributed by atoms with Crippen molar-refractivity contribution in [1.82, 2.24) is 10.6 Å². The second-order valence-corrected chi connectivity index (χ2v) is 9.68. The minimum atomic E-state index is 0.499. The van der Waals surface area contributed by atoms with Gasteiger partial charge in [0.2, 0.25) is 0 Å². The van der Waals surface area contributed by atoms with Gasteiger partial charge in [0.15, 0.2) is 0 Å². The van der Waals surface area contributed by atoms with Gasteiger partial charge in [0.05, 0.1) is 0 Å². The van der Waals surface area contributed by atoms with E-state index in [1.165, 1.54) is 57.9 Å². The van der Waals surface area contributed by atoms with Crippen LogP contribution < -0.4 is 10.6 Å². The molecule has 1 saturated heterocycles. The molecule has 21 heavy (non-hydrogen) atoms. The molecule has 1 heterocycles. The van der Waals surface area contributed by atoms with E-state index in [1.54, 1.807) is 0 Å². The summed E-state index contributed by atoms with van der Waals surface area (Å²) in [5.74, 6) is 0.889. The van der Waals surface area contributed by atoms with E-state index in [0.717, 1.165) is 24.0 Å². The fraction of sp³-hybridized carbons (Fsp3) is 1.00. The Morgan fingerprint density at radius 1 is 0.905 bits per heavy atom.